The van der Waals surface area contributed by atoms with Gasteiger partial charge in [-0.25, -0.2) is 0 Å². The molecule has 158 valence electrons. The molecule has 2 aliphatic heterocycles. The van der Waals surface area contributed by atoms with Crippen molar-refractivity contribution >= 4 is 5.91 Å². The van der Waals surface area contributed by atoms with Crippen molar-refractivity contribution in [3.05, 3.63) is 22.8 Å². The van der Waals surface area contributed by atoms with Crippen molar-refractivity contribution in [2.45, 2.75) is 71.1 Å². The zero-order valence-corrected chi connectivity index (χ0v) is 17.4. The molecule has 2 saturated carbocycles. The summed E-state index contributed by atoms with van der Waals surface area (Å²) in [6.07, 6.45) is 3.39. The molecule has 1 aromatic carbocycles. The van der Waals surface area contributed by atoms with Gasteiger partial charge in [0.2, 0.25) is 0 Å². The molecular formula is C23H31NO5. The fourth-order valence-corrected chi connectivity index (χ4v) is 7.23. The highest BCUT2D eigenvalue weighted by molar-refractivity contribution is 6.00. The first-order valence-corrected chi connectivity index (χ1v) is 10.8. The lowest BCUT2D eigenvalue weighted by atomic mass is 9.43. The molecule has 6 heteroatoms. The number of fused-ring (bicyclic) bond motifs is 5. The number of aliphatic hydroxyl groups is 2. The van der Waals surface area contributed by atoms with Crippen LogP contribution < -0.4 is 10.1 Å². The highest BCUT2D eigenvalue weighted by Gasteiger charge is 2.68. The van der Waals surface area contributed by atoms with Crippen LogP contribution in [0, 0.1) is 22.7 Å². The molecule has 4 N–H and O–H groups in total. The van der Waals surface area contributed by atoms with Crippen LogP contribution >= 0.6 is 0 Å². The van der Waals surface area contributed by atoms with E-state index in [2.05, 4.69) is 19.2 Å². The van der Waals surface area contributed by atoms with E-state index in [0.717, 1.165) is 30.4 Å². The number of carbonyl (C=O) groups excluding carboxylic acids is 1. The molecule has 2 aliphatic carbocycles. The highest BCUT2D eigenvalue weighted by Crippen LogP contribution is 2.67. The monoisotopic (exact) mass is 401 g/mol. The second-order valence-corrected chi connectivity index (χ2v) is 10.2. The average molecular weight is 402 g/mol. The van der Waals surface area contributed by atoms with E-state index in [0.29, 0.717) is 30.7 Å². The lowest BCUT2D eigenvalue weighted by Gasteiger charge is -2.64. The van der Waals surface area contributed by atoms with Crippen LogP contribution in [0.25, 0.3) is 0 Å². The Kier molecular flexibility index (Phi) is 3.89. The fourth-order valence-electron chi connectivity index (χ4n) is 7.23. The Hall–Kier alpha value is -1.79. The van der Waals surface area contributed by atoms with Crippen molar-refractivity contribution in [3.8, 4) is 11.5 Å². The second-order valence-electron chi connectivity index (χ2n) is 10.2. The molecule has 0 bridgehead atoms. The van der Waals surface area contributed by atoms with E-state index in [-0.39, 0.29) is 35.5 Å². The predicted molar refractivity (Wildman–Crippen MR) is 107 cm³/mol. The summed E-state index contributed by atoms with van der Waals surface area (Å²) in [6.45, 7) is 6.84. The molecule has 0 saturated heterocycles. The number of nitrogens with one attached hydrogen (secondary N) is 1. The van der Waals surface area contributed by atoms with Gasteiger partial charge >= 0.3 is 0 Å². The minimum atomic E-state index is -0.570. The highest BCUT2D eigenvalue weighted by atomic mass is 16.5. The SMILES string of the molecule is C[C@@H]1CC[C@H]2[C@](C)(CO)[C@H](O)CC[C@]2(C)[C@@]12Cc1c(O)cc3c(c1O2)CNC3=O. The number of ether oxygens (including phenoxy) is 1. The zero-order chi connectivity index (χ0) is 20.8. The predicted octanol–water partition coefficient (Wildman–Crippen LogP) is 2.52. The van der Waals surface area contributed by atoms with Crippen LogP contribution in [0.5, 0.6) is 11.5 Å². The summed E-state index contributed by atoms with van der Waals surface area (Å²) in [5.74, 6) is 1.01. The number of amides is 1. The van der Waals surface area contributed by atoms with Gasteiger partial charge in [0.25, 0.3) is 5.91 Å². The number of aliphatic hydroxyl groups excluding tert-OH is 2. The van der Waals surface area contributed by atoms with Crippen molar-refractivity contribution in [1.29, 1.82) is 0 Å². The Morgan fingerprint density at radius 2 is 2.00 bits per heavy atom. The summed E-state index contributed by atoms with van der Waals surface area (Å²) >= 11 is 0. The lowest BCUT2D eigenvalue weighted by Crippen LogP contribution is -2.67. The molecule has 5 rings (SSSR count). The van der Waals surface area contributed by atoms with Gasteiger partial charge in [0.1, 0.15) is 17.1 Å². The third-order valence-electron chi connectivity index (χ3n) is 9.11. The van der Waals surface area contributed by atoms with Gasteiger partial charge in [-0.2, -0.15) is 0 Å². The molecule has 4 aliphatic rings. The van der Waals surface area contributed by atoms with Gasteiger partial charge in [0.15, 0.2) is 0 Å². The van der Waals surface area contributed by atoms with Gasteiger partial charge in [0.05, 0.1) is 18.3 Å². The van der Waals surface area contributed by atoms with Crippen LogP contribution in [0.1, 0.15) is 67.9 Å². The van der Waals surface area contributed by atoms with Gasteiger partial charge < -0.3 is 25.4 Å². The quantitative estimate of drug-likeness (QED) is 0.580. The van der Waals surface area contributed by atoms with E-state index in [4.69, 9.17) is 4.74 Å². The lowest BCUT2D eigenvalue weighted by molar-refractivity contribution is -0.223. The van der Waals surface area contributed by atoms with E-state index in [1.54, 1.807) is 6.07 Å². The number of rotatable bonds is 1. The smallest absolute Gasteiger partial charge is 0.252 e. The van der Waals surface area contributed by atoms with Crippen LogP contribution in [0.2, 0.25) is 0 Å². The molecule has 0 aromatic heterocycles. The third-order valence-corrected chi connectivity index (χ3v) is 9.11. The Labute approximate surface area is 171 Å². The number of phenols is 1. The Morgan fingerprint density at radius 1 is 1.24 bits per heavy atom. The van der Waals surface area contributed by atoms with E-state index < -0.39 is 17.1 Å². The van der Waals surface area contributed by atoms with Gasteiger partial charge in [0, 0.05) is 34.9 Å². The van der Waals surface area contributed by atoms with Crippen molar-refractivity contribution < 1.29 is 24.9 Å². The summed E-state index contributed by atoms with van der Waals surface area (Å²) in [5.41, 5.74) is 0.801. The normalized spacial score (nSPS) is 42.8. The van der Waals surface area contributed by atoms with Crippen molar-refractivity contribution in [2.75, 3.05) is 6.61 Å². The van der Waals surface area contributed by atoms with Crippen molar-refractivity contribution in [3.63, 3.8) is 0 Å². The first-order valence-electron chi connectivity index (χ1n) is 10.8. The molecule has 0 radical (unpaired) electrons. The van der Waals surface area contributed by atoms with E-state index in [9.17, 15) is 20.1 Å². The number of hydrogen-bond acceptors (Lipinski definition) is 5. The number of aromatic hydroxyl groups is 1. The number of benzene rings is 1. The fraction of sp³-hybridized carbons (Fsp3) is 0.696. The van der Waals surface area contributed by atoms with Crippen molar-refractivity contribution in [2.24, 2.45) is 22.7 Å². The molecule has 2 fully saturated rings. The molecule has 6 nitrogen and oxygen atoms in total. The first-order chi connectivity index (χ1) is 13.7. The summed E-state index contributed by atoms with van der Waals surface area (Å²) in [4.78, 5) is 12.2. The maximum absolute atomic E-state index is 12.2. The van der Waals surface area contributed by atoms with Crippen LogP contribution in [0.15, 0.2) is 6.07 Å². The summed E-state index contributed by atoms with van der Waals surface area (Å²) in [7, 11) is 0. The van der Waals surface area contributed by atoms with Gasteiger partial charge in [-0.3, -0.25) is 4.79 Å². The number of carbonyl (C=O) groups is 1. The molecule has 0 unspecified atom stereocenters. The molecule has 6 atom stereocenters. The van der Waals surface area contributed by atoms with E-state index >= 15 is 0 Å². The topological polar surface area (TPSA) is 99.0 Å². The van der Waals surface area contributed by atoms with Crippen LogP contribution in [-0.2, 0) is 13.0 Å². The maximum atomic E-state index is 12.2. The number of hydrogen-bond donors (Lipinski definition) is 4. The van der Waals surface area contributed by atoms with Crippen LogP contribution in [0.3, 0.4) is 0 Å². The standard InChI is InChI=1S/C23H31NO5/c1-12-4-5-17-21(2,11-25)18(27)6-7-22(17,3)23(12)9-14-16(26)8-13-15(19(14)29-23)10-24-20(13)28/h8,12,17-18,25-27H,4-7,9-11H2,1-3H3,(H,24,28)/t12-,17+,18-,21+,22+,23-/m1/s1. The number of phenolic OH excluding ortho intramolecular Hbond substituents is 1. The van der Waals surface area contributed by atoms with Crippen molar-refractivity contribution in [1.82, 2.24) is 5.32 Å². The van der Waals surface area contributed by atoms with Gasteiger partial charge in [-0.05, 0) is 43.6 Å². The van der Waals surface area contributed by atoms with E-state index in [1.165, 1.54) is 0 Å². The molecular weight excluding hydrogens is 370 g/mol. The third kappa shape index (κ3) is 2.17. The first kappa shape index (κ1) is 19.2. The van der Waals surface area contributed by atoms with Gasteiger partial charge in [-0.1, -0.05) is 20.8 Å². The summed E-state index contributed by atoms with van der Waals surface area (Å²) < 4.78 is 6.85. The second kappa shape index (κ2) is 5.88. The Morgan fingerprint density at radius 3 is 2.72 bits per heavy atom. The Balaban J connectivity index is 1.65. The minimum absolute atomic E-state index is 0.0507. The molecule has 29 heavy (non-hydrogen) atoms. The maximum Gasteiger partial charge on any atom is 0.252 e. The minimum Gasteiger partial charge on any atom is -0.508 e. The molecule has 2 heterocycles. The Bertz CT molecular complexity index is 900. The largest absolute Gasteiger partial charge is 0.508 e. The molecule has 1 aromatic rings. The van der Waals surface area contributed by atoms with E-state index in [1.807, 2.05) is 6.92 Å². The van der Waals surface area contributed by atoms with Crippen LogP contribution in [-0.4, -0.2) is 39.5 Å². The summed E-state index contributed by atoms with van der Waals surface area (Å²) in [6, 6.07) is 1.58. The average Bonchev–Trinajstić information content (AvgIpc) is 3.27. The molecule has 1 spiro atoms. The molecule has 1 amide bonds. The van der Waals surface area contributed by atoms with Gasteiger partial charge in [-0.15, -0.1) is 0 Å². The summed E-state index contributed by atoms with van der Waals surface area (Å²) in [5, 5.41) is 34.6. The zero-order valence-electron chi connectivity index (χ0n) is 17.4. The van der Waals surface area contributed by atoms with Crippen LogP contribution in [0.4, 0.5) is 0 Å².